The fourth-order valence-electron chi connectivity index (χ4n) is 3.26. The largest absolute Gasteiger partial charge is 0.344 e. The van der Waals surface area contributed by atoms with E-state index in [1.807, 2.05) is 13.0 Å². The number of fused-ring (bicyclic) bond motifs is 3. The Morgan fingerprint density at radius 3 is 2.73 bits per heavy atom. The van der Waals surface area contributed by atoms with Crippen molar-refractivity contribution in [2.75, 3.05) is 14.1 Å². The first-order valence-electron chi connectivity index (χ1n) is 9.10. The molecule has 0 saturated carbocycles. The first kappa shape index (κ1) is 18.4. The Kier molecular flexibility index (Phi) is 4.10. The van der Waals surface area contributed by atoms with Crippen LogP contribution >= 0.6 is 11.3 Å². The van der Waals surface area contributed by atoms with Crippen LogP contribution in [0.25, 0.3) is 38.6 Å². The van der Waals surface area contributed by atoms with Gasteiger partial charge >= 0.3 is 0 Å². The van der Waals surface area contributed by atoms with Gasteiger partial charge in [-0.25, -0.2) is 18.9 Å². The Balaban J connectivity index is 1.61. The molecule has 30 heavy (non-hydrogen) atoms. The fraction of sp³-hybridized carbons (Fsp3) is 0.150. The SMILES string of the molecule is Cc1c(C(=O)N(C)C)sc2ncn3nc(-c4cc(-c5ccc(F)cc5)n[nH]4)nc3c12. The molecule has 4 heterocycles. The Hall–Kier alpha value is -3.66. The van der Waals surface area contributed by atoms with Gasteiger partial charge in [-0.1, -0.05) is 0 Å². The molecule has 0 unspecified atom stereocenters. The second-order valence-electron chi connectivity index (χ2n) is 7.06. The van der Waals surface area contributed by atoms with Gasteiger partial charge in [-0.3, -0.25) is 9.89 Å². The van der Waals surface area contributed by atoms with Gasteiger partial charge in [-0.05, 0) is 42.8 Å². The molecule has 1 amide bonds. The summed E-state index contributed by atoms with van der Waals surface area (Å²) in [6.07, 6.45) is 1.59. The van der Waals surface area contributed by atoms with Crippen LogP contribution in [0.3, 0.4) is 0 Å². The Morgan fingerprint density at radius 2 is 2.00 bits per heavy atom. The lowest BCUT2D eigenvalue weighted by Crippen LogP contribution is -2.21. The van der Waals surface area contributed by atoms with Crippen molar-refractivity contribution in [2.24, 2.45) is 0 Å². The quantitative estimate of drug-likeness (QED) is 0.481. The molecule has 0 spiro atoms. The molecule has 10 heteroatoms. The highest BCUT2D eigenvalue weighted by Gasteiger charge is 2.21. The maximum absolute atomic E-state index is 13.2. The Morgan fingerprint density at radius 1 is 1.23 bits per heavy atom. The van der Waals surface area contributed by atoms with Gasteiger partial charge in [-0.2, -0.15) is 5.10 Å². The van der Waals surface area contributed by atoms with Crippen LogP contribution in [0.4, 0.5) is 4.39 Å². The predicted octanol–water partition coefficient (Wildman–Crippen LogP) is 3.55. The second kappa shape index (κ2) is 6.70. The number of aryl methyl sites for hydroxylation is 1. The minimum absolute atomic E-state index is 0.0640. The van der Waals surface area contributed by atoms with Gasteiger partial charge in [0.15, 0.2) is 11.5 Å². The molecule has 0 fully saturated rings. The van der Waals surface area contributed by atoms with Crippen molar-refractivity contribution in [1.82, 2.24) is 34.7 Å². The van der Waals surface area contributed by atoms with Gasteiger partial charge in [0.25, 0.3) is 5.91 Å². The maximum Gasteiger partial charge on any atom is 0.263 e. The van der Waals surface area contributed by atoms with E-state index in [1.54, 1.807) is 42.0 Å². The summed E-state index contributed by atoms with van der Waals surface area (Å²) in [6, 6.07) is 7.92. The molecule has 0 aliphatic rings. The van der Waals surface area contributed by atoms with Crippen LogP contribution in [0.5, 0.6) is 0 Å². The molecule has 0 aliphatic carbocycles. The lowest BCUT2D eigenvalue weighted by molar-refractivity contribution is 0.0831. The molecule has 0 bridgehead atoms. The molecule has 5 aromatic rings. The van der Waals surface area contributed by atoms with E-state index in [9.17, 15) is 9.18 Å². The van der Waals surface area contributed by atoms with E-state index >= 15 is 0 Å². The number of rotatable bonds is 3. The van der Waals surface area contributed by atoms with Gasteiger partial charge in [0.2, 0.25) is 0 Å². The number of carbonyl (C=O) groups excluding carboxylic acids is 1. The van der Waals surface area contributed by atoms with E-state index in [2.05, 4.69) is 25.3 Å². The molecule has 0 radical (unpaired) electrons. The van der Waals surface area contributed by atoms with E-state index in [0.29, 0.717) is 27.7 Å². The zero-order valence-electron chi connectivity index (χ0n) is 16.3. The van der Waals surface area contributed by atoms with Crippen LogP contribution < -0.4 is 0 Å². The highest BCUT2D eigenvalue weighted by Crippen LogP contribution is 2.33. The number of thiophene rings is 1. The lowest BCUT2D eigenvalue weighted by atomic mass is 10.1. The van der Waals surface area contributed by atoms with Gasteiger partial charge in [0.1, 0.15) is 22.7 Å². The first-order valence-corrected chi connectivity index (χ1v) is 9.92. The maximum atomic E-state index is 13.2. The standard InChI is InChI=1S/C20H16FN7OS/c1-10-15-18-23-17(14-8-13(24-25-14)11-4-6-12(21)7-5-11)26-28(18)9-22-19(15)30-16(10)20(29)27(2)3/h4-9H,1-3H3,(H,24,25). The molecule has 0 saturated heterocycles. The summed E-state index contributed by atoms with van der Waals surface area (Å²) in [5, 5.41) is 12.5. The predicted molar refractivity (Wildman–Crippen MR) is 112 cm³/mol. The van der Waals surface area contributed by atoms with Crippen LogP contribution in [0.15, 0.2) is 36.7 Å². The normalized spacial score (nSPS) is 11.5. The molecule has 5 rings (SSSR count). The van der Waals surface area contributed by atoms with Crippen LogP contribution in [0.1, 0.15) is 15.2 Å². The van der Waals surface area contributed by atoms with Crippen molar-refractivity contribution < 1.29 is 9.18 Å². The molecule has 0 atom stereocenters. The molecule has 1 N–H and O–H groups in total. The fourth-order valence-corrected chi connectivity index (χ4v) is 4.42. The second-order valence-corrected chi connectivity index (χ2v) is 8.06. The summed E-state index contributed by atoms with van der Waals surface area (Å²) in [6.45, 7) is 1.90. The molecule has 8 nitrogen and oxygen atoms in total. The van der Waals surface area contributed by atoms with Crippen LogP contribution in [0, 0.1) is 12.7 Å². The summed E-state index contributed by atoms with van der Waals surface area (Å²) in [5.74, 6) is 0.0911. The molecule has 1 aromatic carbocycles. The average Bonchev–Trinajstić information content (AvgIpc) is 3.44. The first-order chi connectivity index (χ1) is 14.4. The minimum Gasteiger partial charge on any atom is -0.344 e. The van der Waals surface area contributed by atoms with Crippen molar-refractivity contribution >= 4 is 33.1 Å². The van der Waals surface area contributed by atoms with Crippen molar-refractivity contribution in [2.45, 2.75) is 6.92 Å². The third-order valence-corrected chi connectivity index (χ3v) is 6.01. The highest BCUT2D eigenvalue weighted by atomic mass is 32.1. The summed E-state index contributed by atoms with van der Waals surface area (Å²) in [4.78, 5) is 24.5. The Bertz CT molecular complexity index is 1410. The van der Waals surface area contributed by atoms with E-state index in [0.717, 1.165) is 21.3 Å². The van der Waals surface area contributed by atoms with E-state index < -0.39 is 0 Å². The number of hydrogen-bond acceptors (Lipinski definition) is 6. The Labute approximate surface area is 174 Å². The van der Waals surface area contributed by atoms with E-state index in [-0.39, 0.29) is 11.7 Å². The highest BCUT2D eigenvalue weighted by molar-refractivity contribution is 7.20. The number of nitrogens with zero attached hydrogens (tertiary/aromatic N) is 6. The van der Waals surface area contributed by atoms with E-state index in [1.165, 1.54) is 23.5 Å². The number of hydrogen-bond donors (Lipinski definition) is 1. The lowest BCUT2D eigenvalue weighted by Gasteiger charge is -2.08. The average molecular weight is 421 g/mol. The van der Waals surface area contributed by atoms with Crippen molar-refractivity contribution in [3.63, 3.8) is 0 Å². The summed E-state index contributed by atoms with van der Waals surface area (Å²) < 4.78 is 14.8. The number of carbonyl (C=O) groups is 1. The van der Waals surface area contributed by atoms with Crippen molar-refractivity contribution in [1.29, 1.82) is 0 Å². The molecule has 4 aromatic heterocycles. The monoisotopic (exact) mass is 421 g/mol. The van der Waals surface area contributed by atoms with Crippen LogP contribution in [-0.4, -0.2) is 54.7 Å². The third-order valence-electron chi connectivity index (χ3n) is 4.83. The molecular formula is C20H16FN7OS. The number of nitrogens with one attached hydrogen (secondary N) is 1. The minimum atomic E-state index is -0.300. The summed E-state index contributed by atoms with van der Waals surface area (Å²) >= 11 is 1.35. The van der Waals surface area contributed by atoms with Gasteiger partial charge < -0.3 is 4.90 Å². The van der Waals surface area contributed by atoms with Crippen molar-refractivity contribution in [3.8, 4) is 22.8 Å². The smallest absolute Gasteiger partial charge is 0.263 e. The molecule has 150 valence electrons. The summed E-state index contributed by atoms with van der Waals surface area (Å²) in [5.41, 5.74) is 3.54. The topological polar surface area (TPSA) is 92.1 Å². The van der Waals surface area contributed by atoms with Gasteiger partial charge in [0.05, 0.1) is 16.0 Å². The molecular weight excluding hydrogens is 405 g/mol. The number of aromatic nitrogens is 6. The number of halogens is 1. The number of amides is 1. The number of aromatic amines is 1. The zero-order valence-corrected chi connectivity index (χ0v) is 17.2. The summed E-state index contributed by atoms with van der Waals surface area (Å²) in [7, 11) is 3.45. The van der Waals surface area contributed by atoms with Gasteiger partial charge in [0, 0.05) is 19.7 Å². The number of H-pyrrole nitrogens is 1. The van der Waals surface area contributed by atoms with Crippen LogP contribution in [0.2, 0.25) is 0 Å². The van der Waals surface area contributed by atoms with Gasteiger partial charge in [-0.15, -0.1) is 16.4 Å². The zero-order chi connectivity index (χ0) is 21.0. The molecule has 0 aliphatic heterocycles. The van der Waals surface area contributed by atoms with E-state index in [4.69, 9.17) is 0 Å². The number of benzene rings is 1. The third kappa shape index (κ3) is 2.84. The van der Waals surface area contributed by atoms with Crippen LogP contribution in [-0.2, 0) is 0 Å². The van der Waals surface area contributed by atoms with Crippen molar-refractivity contribution in [3.05, 3.63) is 52.9 Å².